The molecule has 100 valence electrons. The van der Waals surface area contributed by atoms with Crippen LogP contribution in [-0.2, 0) is 4.79 Å². The molecule has 0 aliphatic carbocycles. The van der Waals surface area contributed by atoms with Gasteiger partial charge in [-0.2, -0.15) is 0 Å². The number of rotatable bonds is 7. The zero-order valence-corrected chi connectivity index (χ0v) is 11.0. The van der Waals surface area contributed by atoms with Gasteiger partial charge in [-0.25, -0.2) is 0 Å². The van der Waals surface area contributed by atoms with Crippen LogP contribution in [-0.4, -0.2) is 48.2 Å². The zero-order valence-electron chi connectivity index (χ0n) is 11.0. The van der Waals surface area contributed by atoms with E-state index in [0.717, 1.165) is 45.3 Å². The summed E-state index contributed by atoms with van der Waals surface area (Å²) < 4.78 is 0. The Labute approximate surface area is 104 Å². The number of unbranched alkanes of at least 4 members (excludes halogenated alkanes) is 2. The monoisotopic (exact) mass is 242 g/mol. The van der Waals surface area contributed by atoms with E-state index in [2.05, 4.69) is 10.2 Å². The highest BCUT2D eigenvalue weighted by molar-refractivity contribution is 5.75. The van der Waals surface area contributed by atoms with Crippen molar-refractivity contribution in [2.45, 2.75) is 51.5 Å². The summed E-state index contributed by atoms with van der Waals surface area (Å²) in [6, 6.07) is 0.342. The van der Waals surface area contributed by atoms with Crippen molar-refractivity contribution in [3.8, 4) is 0 Å². The van der Waals surface area contributed by atoms with Gasteiger partial charge in [0.1, 0.15) is 0 Å². The Bertz CT molecular complexity index is 221. The highest BCUT2D eigenvalue weighted by Gasteiger charge is 2.20. The van der Waals surface area contributed by atoms with E-state index in [-0.39, 0.29) is 5.91 Å². The van der Waals surface area contributed by atoms with Crippen molar-refractivity contribution < 1.29 is 9.90 Å². The predicted octanol–water partition coefficient (Wildman–Crippen LogP) is 1.14. The molecule has 1 aliphatic rings. The summed E-state index contributed by atoms with van der Waals surface area (Å²) in [5.74, 6) is 0.164. The minimum atomic E-state index is 0.164. The number of hydrogen-bond acceptors (Lipinski definition) is 3. The molecule has 0 aromatic carbocycles. The Balaban J connectivity index is 2.17. The van der Waals surface area contributed by atoms with Crippen LogP contribution < -0.4 is 5.32 Å². The Morgan fingerprint density at radius 1 is 1.41 bits per heavy atom. The molecule has 17 heavy (non-hydrogen) atoms. The van der Waals surface area contributed by atoms with Crippen LogP contribution in [0.15, 0.2) is 0 Å². The first-order chi connectivity index (χ1) is 8.26. The molecule has 0 spiro atoms. The fraction of sp³-hybridized carbons (Fsp3) is 0.923. The topological polar surface area (TPSA) is 52.6 Å². The van der Waals surface area contributed by atoms with Crippen LogP contribution in [0.4, 0.5) is 0 Å². The first-order valence-corrected chi connectivity index (χ1v) is 6.88. The van der Waals surface area contributed by atoms with E-state index in [9.17, 15) is 4.79 Å². The number of carbonyl (C=O) groups excluding carboxylic acids is 1. The van der Waals surface area contributed by atoms with Gasteiger partial charge in [0.15, 0.2) is 0 Å². The van der Waals surface area contributed by atoms with Crippen molar-refractivity contribution in [2.75, 3.05) is 26.2 Å². The molecule has 1 unspecified atom stereocenters. The van der Waals surface area contributed by atoms with E-state index in [1.807, 2.05) is 6.92 Å². The van der Waals surface area contributed by atoms with E-state index in [4.69, 9.17) is 5.11 Å². The van der Waals surface area contributed by atoms with Gasteiger partial charge in [-0.05, 0) is 45.2 Å². The molecule has 4 heteroatoms. The van der Waals surface area contributed by atoms with Crippen LogP contribution in [0.5, 0.6) is 0 Å². The Kier molecular flexibility index (Phi) is 7.21. The molecule has 0 bridgehead atoms. The molecule has 4 nitrogen and oxygen atoms in total. The molecule has 0 aromatic rings. The first kappa shape index (κ1) is 14.5. The van der Waals surface area contributed by atoms with Gasteiger partial charge in [0.25, 0.3) is 0 Å². The van der Waals surface area contributed by atoms with Crippen LogP contribution in [0.3, 0.4) is 0 Å². The molecule has 1 aliphatic heterocycles. The fourth-order valence-electron chi connectivity index (χ4n) is 2.33. The maximum atomic E-state index is 11.3. The van der Waals surface area contributed by atoms with Crippen LogP contribution in [0, 0.1) is 0 Å². The maximum Gasteiger partial charge on any atom is 0.219 e. The Morgan fingerprint density at radius 2 is 2.24 bits per heavy atom. The number of aliphatic hydroxyl groups is 1. The molecule has 1 amide bonds. The van der Waals surface area contributed by atoms with Crippen LogP contribution in [0.1, 0.15) is 45.4 Å². The number of piperidine rings is 1. The molecular weight excluding hydrogens is 216 g/mol. The lowest BCUT2D eigenvalue weighted by atomic mass is 10.0. The summed E-state index contributed by atoms with van der Waals surface area (Å²) in [4.78, 5) is 13.8. The summed E-state index contributed by atoms with van der Waals surface area (Å²) in [7, 11) is 0. The average Bonchev–Trinajstić information content (AvgIpc) is 2.35. The maximum absolute atomic E-state index is 11.3. The van der Waals surface area contributed by atoms with Gasteiger partial charge < -0.3 is 15.3 Å². The molecule has 0 radical (unpaired) electrons. The molecule has 1 heterocycles. The minimum Gasteiger partial charge on any atom is -0.396 e. The third kappa shape index (κ3) is 6.03. The normalized spacial score (nSPS) is 21.4. The van der Waals surface area contributed by atoms with Gasteiger partial charge >= 0.3 is 0 Å². The molecule has 1 rings (SSSR count). The molecule has 2 N–H and O–H groups in total. The van der Waals surface area contributed by atoms with Crippen LogP contribution >= 0.6 is 0 Å². The third-order valence-corrected chi connectivity index (χ3v) is 3.32. The summed E-state index contributed by atoms with van der Waals surface area (Å²) in [5, 5.41) is 11.8. The highest BCUT2D eigenvalue weighted by Crippen LogP contribution is 2.11. The summed E-state index contributed by atoms with van der Waals surface area (Å²) in [6.45, 7) is 5.43. The number of nitrogens with zero attached hydrogens (tertiary/aromatic N) is 1. The quantitative estimate of drug-likeness (QED) is 0.658. The zero-order chi connectivity index (χ0) is 12.5. The van der Waals surface area contributed by atoms with Gasteiger partial charge in [-0.1, -0.05) is 6.92 Å². The molecule has 0 saturated carbocycles. The van der Waals surface area contributed by atoms with Crippen molar-refractivity contribution in [1.82, 2.24) is 10.2 Å². The van der Waals surface area contributed by atoms with E-state index in [0.29, 0.717) is 19.1 Å². The summed E-state index contributed by atoms with van der Waals surface area (Å²) in [6.07, 6.45) is 6.01. The standard InChI is InChI=1S/C13H26N2O2/c1-2-13(17)14-12-7-6-9-15(11-12)8-4-3-5-10-16/h12,16H,2-11H2,1H3,(H,14,17). The predicted molar refractivity (Wildman–Crippen MR) is 68.8 cm³/mol. The molecular formula is C13H26N2O2. The van der Waals surface area contributed by atoms with Gasteiger partial charge in [-0.3, -0.25) is 4.79 Å². The molecule has 1 fully saturated rings. The van der Waals surface area contributed by atoms with E-state index >= 15 is 0 Å². The molecule has 1 atom stereocenters. The fourth-order valence-corrected chi connectivity index (χ4v) is 2.33. The second-order valence-corrected chi connectivity index (χ2v) is 4.85. The smallest absolute Gasteiger partial charge is 0.219 e. The first-order valence-electron chi connectivity index (χ1n) is 6.88. The van der Waals surface area contributed by atoms with Gasteiger partial charge in [-0.15, -0.1) is 0 Å². The van der Waals surface area contributed by atoms with E-state index in [1.54, 1.807) is 0 Å². The van der Waals surface area contributed by atoms with Gasteiger partial charge in [0.2, 0.25) is 5.91 Å². The largest absolute Gasteiger partial charge is 0.396 e. The van der Waals surface area contributed by atoms with Crippen LogP contribution in [0.25, 0.3) is 0 Å². The van der Waals surface area contributed by atoms with Gasteiger partial charge in [0.05, 0.1) is 0 Å². The Hall–Kier alpha value is -0.610. The SMILES string of the molecule is CCC(=O)NC1CCCN(CCCCCO)C1. The van der Waals surface area contributed by atoms with E-state index < -0.39 is 0 Å². The van der Waals surface area contributed by atoms with Crippen molar-refractivity contribution in [3.05, 3.63) is 0 Å². The summed E-state index contributed by atoms with van der Waals surface area (Å²) >= 11 is 0. The third-order valence-electron chi connectivity index (χ3n) is 3.32. The lowest BCUT2D eigenvalue weighted by Crippen LogP contribution is -2.47. The second kappa shape index (κ2) is 8.48. The molecule has 1 saturated heterocycles. The number of likely N-dealkylation sites (tertiary alicyclic amines) is 1. The minimum absolute atomic E-state index is 0.164. The number of amides is 1. The Morgan fingerprint density at radius 3 is 2.94 bits per heavy atom. The van der Waals surface area contributed by atoms with Crippen molar-refractivity contribution in [1.29, 1.82) is 0 Å². The summed E-state index contributed by atoms with van der Waals surface area (Å²) in [5.41, 5.74) is 0. The molecule has 0 aromatic heterocycles. The van der Waals surface area contributed by atoms with E-state index in [1.165, 1.54) is 6.42 Å². The second-order valence-electron chi connectivity index (χ2n) is 4.85. The van der Waals surface area contributed by atoms with Crippen LogP contribution in [0.2, 0.25) is 0 Å². The van der Waals surface area contributed by atoms with Crippen molar-refractivity contribution in [3.63, 3.8) is 0 Å². The lowest BCUT2D eigenvalue weighted by molar-refractivity contribution is -0.121. The van der Waals surface area contributed by atoms with Gasteiger partial charge in [0, 0.05) is 25.6 Å². The highest BCUT2D eigenvalue weighted by atomic mass is 16.2. The number of aliphatic hydroxyl groups excluding tert-OH is 1. The number of hydrogen-bond donors (Lipinski definition) is 2. The van der Waals surface area contributed by atoms with Crippen molar-refractivity contribution >= 4 is 5.91 Å². The van der Waals surface area contributed by atoms with Crippen molar-refractivity contribution in [2.24, 2.45) is 0 Å². The number of nitrogens with one attached hydrogen (secondary N) is 1. The average molecular weight is 242 g/mol. The lowest BCUT2D eigenvalue weighted by Gasteiger charge is -2.33. The number of carbonyl (C=O) groups is 1.